The van der Waals surface area contributed by atoms with Crippen LogP contribution in [0.4, 0.5) is 37.6 Å². The summed E-state index contributed by atoms with van der Waals surface area (Å²) in [5.41, 5.74) is 15.1. The summed E-state index contributed by atoms with van der Waals surface area (Å²) in [6, 6.07) is 39.0. The fraction of sp³-hybridized carbons (Fsp3) is 0.338. The first kappa shape index (κ1) is 74.0. The summed E-state index contributed by atoms with van der Waals surface area (Å²) in [7, 11) is 3.33. The third kappa shape index (κ3) is 15.9. The van der Waals surface area contributed by atoms with Gasteiger partial charge < -0.3 is 40.4 Å². The molecule has 7 aromatic heterocycles. The summed E-state index contributed by atoms with van der Waals surface area (Å²) in [5, 5.41) is 21.7. The number of piperidine rings is 2. The number of hydrogen-bond donors (Lipinski definition) is 6. The maximum atomic E-state index is 14.1. The third-order valence-electron chi connectivity index (χ3n) is 21.7. The second kappa shape index (κ2) is 32.4. The van der Waals surface area contributed by atoms with Gasteiger partial charge in [-0.05, 0) is 159 Å². The number of likely N-dealkylation sites (tertiary alicyclic amines) is 1. The lowest BCUT2D eigenvalue weighted by Gasteiger charge is -2.35. The minimum absolute atomic E-state index is 0.0113. The van der Waals surface area contributed by atoms with E-state index >= 15 is 0 Å². The van der Waals surface area contributed by atoms with E-state index in [0.717, 1.165) is 179 Å². The molecule has 4 amide bonds. The van der Waals surface area contributed by atoms with Crippen molar-refractivity contribution in [1.82, 2.24) is 78.1 Å². The maximum Gasteiger partial charge on any atom is 0.329 e. The molecule has 11 aromatic rings. The zero-order valence-corrected chi connectivity index (χ0v) is 61.6. The van der Waals surface area contributed by atoms with E-state index in [1.807, 2.05) is 94.5 Å². The number of pyridine rings is 2. The van der Waals surface area contributed by atoms with Crippen LogP contribution < -0.4 is 47.8 Å². The van der Waals surface area contributed by atoms with Crippen LogP contribution in [0, 0.1) is 17.0 Å². The molecule has 7 N–H and O–H groups in total. The summed E-state index contributed by atoms with van der Waals surface area (Å²) in [6.07, 6.45) is 13.0. The van der Waals surface area contributed by atoms with Crippen molar-refractivity contribution in [2.75, 3.05) is 111 Å². The van der Waals surface area contributed by atoms with E-state index in [-0.39, 0.29) is 59.8 Å². The van der Waals surface area contributed by atoms with Gasteiger partial charge in [-0.2, -0.15) is 0 Å². The lowest BCUT2D eigenvalue weighted by molar-refractivity contribution is -0.137. The number of hydrogen-bond acceptors (Lipinski definition) is 20. The Morgan fingerprint density at radius 2 is 1.17 bits per heavy atom. The van der Waals surface area contributed by atoms with Crippen molar-refractivity contribution in [2.24, 2.45) is 14.1 Å². The Balaban J connectivity index is 0.000000148. The quantitative estimate of drug-likeness (QED) is 0.0166. The van der Waals surface area contributed by atoms with Crippen LogP contribution >= 0.6 is 0 Å². The van der Waals surface area contributed by atoms with Crippen molar-refractivity contribution >= 4 is 98.4 Å². The van der Waals surface area contributed by atoms with Gasteiger partial charge in [-0.1, -0.05) is 36.4 Å². The van der Waals surface area contributed by atoms with E-state index in [4.69, 9.17) is 26.2 Å². The number of amides is 4. The number of carbonyl (C=O) groups is 5. The molecule has 6 aliphatic heterocycles. The number of nitrogen functional groups attached to an aromatic ring is 1. The molecule has 4 aromatic carbocycles. The molecule has 2 unspecified atom stereocenters. The van der Waals surface area contributed by atoms with Crippen molar-refractivity contribution in [1.29, 1.82) is 5.41 Å². The molecule has 0 radical (unpaired) electrons. The second-order valence-electron chi connectivity index (χ2n) is 28.6. The SMILES string of the molecule is Cn1c(=O)n(C2CCC(=O)NC2=O)c2ccc(N)cc21.Cn1c(=O)n(C2CCC(=O)NC2=O)c2ccc(NCCN3CCN(c4cccc(-c5cnc6ccc(N7CCC[C@@H]7c7cccc(F)c7)nn56)n4)CC3)cc21.N=C(/C=C\c1ncc(-c2cccc(N3CCN(CC=O)CC3)n2)[nH]1)N1CCC[C@@H]1c1cccc(F)c1. The molecule has 0 spiro atoms. The van der Waals surface area contributed by atoms with Gasteiger partial charge in [-0.3, -0.25) is 63.3 Å². The van der Waals surface area contributed by atoms with E-state index in [1.165, 1.54) is 25.8 Å². The van der Waals surface area contributed by atoms with E-state index < -0.39 is 23.9 Å². The molecule has 6 aliphatic rings. The number of aryl methyl sites for hydroxylation is 2. The fourth-order valence-corrected chi connectivity index (χ4v) is 15.8. The number of H-pyrrole nitrogens is 1. The molecular formula is C80H86F2N22O7. The number of aldehydes is 1. The summed E-state index contributed by atoms with van der Waals surface area (Å²) >= 11 is 0. The van der Waals surface area contributed by atoms with Gasteiger partial charge in [-0.25, -0.2) is 42.8 Å². The number of amidine groups is 1. The van der Waals surface area contributed by atoms with Gasteiger partial charge in [0, 0.05) is 117 Å². The summed E-state index contributed by atoms with van der Waals surface area (Å²) in [6.45, 7) is 10.5. The number of imide groups is 2. The Kier molecular flexibility index (Phi) is 21.6. The normalized spacial score (nSPS) is 19.2. The average Bonchev–Trinajstić information content (AvgIpc) is 1.59. The Bertz CT molecular complexity index is 5510. The molecule has 31 heteroatoms. The van der Waals surface area contributed by atoms with E-state index in [9.17, 15) is 42.3 Å². The van der Waals surface area contributed by atoms with Crippen LogP contribution in [-0.2, 0) is 38.1 Å². The minimum atomic E-state index is -0.705. The van der Waals surface area contributed by atoms with Crippen LogP contribution in [0.15, 0.2) is 162 Å². The smallest absolute Gasteiger partial charge is 0.329 e. The van der Waals surface area contributed by atoms with Gasteiger partial charge in [0.1, 0.15) is 64.8 Å². The molecule has 0 aliphatic carbocycles. The number of nitrogens with zero attached hydrogens (tertiary/aromatic N) is 16. The van der Waals surface area contributed by atoms with Crippen molar-refractivity contribution < 1.29 is 32.8 Å². The number of aromatic amines is 1. The van der Waals surface area contributed by atoms with E-state index in [0.29, 0.717) is 53.3 Å². The Morgan fingerprint density at radius 1 is 0.586 bits per heavy atom. The summed E-state index contributed by atoms with van der Waals surface area (Å²) < 4.78 is 35.6. The van der Waals surface area contributed by atoms with Crippen LogP contribution in [-0.4, -0.2) is 188 Å². The van der Waals surface area contributed by atoms with E-state index in [1.54, 1.807) is 79.5 Å². The lowest BCUT2D eigenvalue weighted by Crippen LogP contribution is -2.47. The molecule has 4 atom stereocenters. The fourth-order valence-electron chi connectivity index (χ4n) is 15.8. The highest BCUT2D eigenvalue weighted by molar-refractivity contribution is 6.01. The number of fused-ring (bicyclic) bond motifs is 3. The van der Waals surface area contributed by atoms with Crippen LogP contribution in [0.2, 0.25) is 0 Å². The maximum absolute atomic E-state index is 14.1. The number of imidazole rings is 4. The minimum Gasteiger partial charge on any atom is -0.399 e. The molecule has 6 fully saturated rings. The average molecular weight is 1510 g/mol. The number of rotatable bonds is 17. The lowest BCUT2D eigenvalue weighted by atomic mass is 10.0. The van der Waals surface area contributed by atoms with Crippen LogP contribution in [0.5, 0.6) is 0 Å². The standard InChI is InChI=1S/C40H42FN11O3.C27H30FN7O.C13H14N4O3/c1-47-33-24-28(10-11-31(33)51(40(47)55)32-12-15-38(53)45-39(32)54)42-16-18-48-19-21-49(22-20-48)36-9-3-7-29(44-36)34-25-43-35-13-14-37(46-52(34)35)50-17-4-8-30(50)26-5-2-6-27(41)23-26;28-21-5-1-4-20(18-21)24-7-3-11-35(24)25(29)9-10-26-30-19-23(31-26)22-6-2-8-27(32-22)34-14-12-33(13-15-34)16-17-36;1-16-10-6-7(14)2-3-8(10)17(13(16)20)9-4-5-11(18)15-12(9)19/h2-3,5-7,9-11,13-14,23-25,30,32,42H,4,8,12,15-22H2,1H3,(H,45,53,54);1-2,4-6,8-10,17-19,24,29H,3,7,11-16H2,(H,30,31);2-3,6,9H,4-5,14H2,1H3,(H,15,18,19)/b;10-9-,29-25?;/t30-,32?;24-;/m11./s1. The molecule has 6 saturated heterocycles. The molecule has 13 heterocycles. The number of anilines is 5. The zero-order chi connectivity index (χ0) is 77.0. The number of nitrogens with one attached hydrogen (secondary N) is 5. The Hall–Kier alpha value is -12.5. The topological polar surface area (TPSA) is 329 Å². The highest BCUT2D eigenvalue weighted by atomic mass is 19.1. The number of aromatic nitrogens is 11. The molecule has 17 rings (SSSR count). The van der Waals surface area contributed by atoms with Gasteiger partial charge in [0.25, 0.3) is 0 Å². The van der Waals surface area contributed by atoms with Gasteiger partial charge >= 0.3 is 11.4 Å². The van der Waals surface area contributed by atoms with Gasteiger partial charge in [-0.15, -0.1) is 5.10 Å². The second-order valence-corrected chi connectivity index (χ2v) is 28.6. The van der Waals surface area contributed by atoms with Crippen molar-refractivity contribution in [3.8, 4) is 22.8 Å². The predicted molar refractivity (Wildman–Crippen MR) is 419 cm³/mol. The first-order valence-corrected chi connectivity index (χ1v) is 37.5. The molecule has 0 saturated carbocycles. The number of carbonyl (C=O) groups excluding carboxylic acids is 5. The summed E-state index contributed by atoms with van der Waals surface area (Å²) in [4.78, 5) is 119. The number of halogens is 2. The molecule has 29 nitrogen and oxygen atoms in total. The predicted octanol–water partition coefficient (Wildman–Crippen LogP) is 7.80. The van der Waals surface area contributed by atoms with Gasteiger partial charge in [0.05, 0.1) is 70.2 Å². The molecule has 572 valence electrons. The Morgan fingerprint density at radius 3 is 1.81 bits per heavy atom. The van der Waals surface area contributed by atoms with E-state index in [2.05, 4.69) is 55.4 Å². The first-order chi connectivity index (χ1) is 53.9. The third-order valence-corrected chi connectivity index (χ3v) is 21.7. The summed E-state index contributed by atoms with van der Waals surface area (Å²) in [5.74, 6) is 1.72. The van der Waals surface area contributed by atoms with Crippen molar-refractivity contribution in [3.05, 3.63) is 201 Å². The van der Waals surface area contributed by atoms with Gasteiger partial charge in [0.2, 0.25) is 23.6 Å². The number of benzene rings is 4. The van der Waals surface area contributed by atoms with Crippen LogP contribution in [0.3, 0.4) is 0 Å². The number of nitrogens with two attached hydrogens (primary N) is 1. The molecule has 0 bridgehead atoms. The first-order valence-electron chi connectivity index (χ1n) is 37.5. The highest BCUT2D eigenvalue weighted by Crippen LogP contribution is 2.37. The molecular weight excluding hydrogens is 1420 g/mol. The molecule has 111 heavy (non-hydrogen) atoms. The van der Waals surface area contributed by atoms with Gasteiger partial charge in [0.15, 0.2) is 5.65 Å². The van der Waals surface area contributed by atoms with Crippen LogP contribution in [0.1, 0.15) is 92.5 Å². The largest absolute Gasteiger partial charge is 0.399 e. The van der Waals surface area contributed by atoms with Crippen molar-refractivity contribution in [3.63, 3.8) is 0 Å². The van der Waals surface area contributed by atoms with Crippen molar-refractivity contribution in [2.45, 2.75) is 75.5 Å². The monoisotopic (exact) mass is 1500 g/mol. The Labute approximate surface area is 636 Å². The zero-order valence-electron chi connectivity index (χ0n) is 61.6. The van der Waals surface area contributed by atoms with Crippen LogP contribution in [0.25, 0.3) is 56.6 Å². The highest BCUT2D eigenvalue weighted by Gasteiger charge is 2.35. The number of piperazine rings is 2.